The van der Waals surface area contributed by atoms with Gasteiger partial charge in [0.05, 0.1) is 12.1 Å². The van der Waals surface area contributed by atoms with Crippen LogP contribution in [-0.2, 0) is 17.8 Å². The Bertz CT molecular complexity index is 608. The highest BCUT2D eigenvalue weighted by molar-refractivity contribution is 5.92. The Labute approximate surface area is 142 Å². The molecule has 1 amide bonds. The molecule has 0 bridgehead atoms. The molecule has 0 saturated carbocycles. The van der Waals surface area contributed by atoms with Crippen LogP contribution in [0.2, 0.25) is 0 Å². The van der Waals surface area contributed by atoms with Gasteiger partial charge < -0.3 is 10.6 Å². The van der Waals surface area contributed by atoms with Crippen molar-refractivity contribution in [2.24, 2.45) is 5.92 Å². The largest absolute Gasteiger partial charge is 0.316 e. The SMILES string of the molecule is Cl.O=C(Nc1ccnn1CCc1ccccc1)C1CCCNC1. The first-order valence-electron chi connectivity index (χ1n) is 7.90. The summed E-state index contributed by atoms with van der Waals surface area (Å²) in [4.78, 5) is 12.3. The molecule has 1 aliphatic heterocycles. The Morgan fingerprint density at radius 2 is 2.13 bits per heavy atom. The number of anilines is 1. The molecule has 6 heteroatoms. The molecule has 124 valence electrons. The third-order valence-corrected chi connectivity index (χ3v) is 4.09. The van der Waals surface area contributed by atoms with Crippen LogP contribution < -0.4 is 10.6 Å². The molecule has 0 aliphatic carbocycles. The Hall–Kier alpha value is -1.85. The zero-order valence-corrected chi connectivity index (χ0v) is 13.9. The maximum Gasteiger partial charge on any atom is 0.229 e. The summed E-state index contributed by atoms with van der Waals surface area (Å²) in [7, 11) is 0. The number of hydrogen-bond acceptors (Lipinski definition) is 3. The van der Waals surface area contributed by atoms with Crippen molar-refractivity contribution in [2.75, 3.05) is 18.4 Å². The lowest BCUT2D eigenvalue weighted by molar-refractivity contribution is -0.120. The number of nitrogens with one attached hydrogen (secondary N) is 2. The van der Waals surface area contributed by atoms with E-state index in [1.165, 1.54) is 5.56 Å². The van der Waals surface area contributed by atoms with E-state index in [-0.39, 0.29) is 24.2 Å². The molecule has 2 N–H and O–H groups in total. The number of piperidine rings is 1. The van der Waals surface area contributed by atoms with Crippen LogP contribution in [0.3, 0.4) is 0 Å². The van der Waals surface area contributed by atoms with Crippen LogP contribution in [0.5, 0.6) is 0 Å². The minimum Gasteiger partial charge on any atom is -0.316 e. The molecule has 1 fully saturated rings. The maximum absolute atomic E-state index is 12.3. The van der Waals surface area contributed by atoms with Crippen molar-refractivity contribution < 1.29 is 4.79 Å². The minimum atomic E-state index is 0. The fourth-order valence-electron chi connectivity index (χ4n) is 2.80. The molecule has 1 saturated heterocycles. The second-order valence-electron chi connectivity index (χ2n) is 5.71. The Morgan fingerprint density at radius 1 is 1.30 bits per heavy atom. The first-order valence-corrected chi connectivity index (χ1v) is 7.90. The summed E-state index contributed by atoms with van der Waals surface area (Å²) in [5, 5.41) is 10.6. The Kier molecular flexibility index (Phi) is 6.62. The fourth-order valence-corrected chi connectivity index (χ4v) is 2.80. The lowest BCUT2D eigenvalue weighted by Gasteiger charge is -2.22. The normalized spacial score (nSPS) is 17.3. The molecule has 1 atom stereocenters. The second kappa shape index (κ2) is 8.70. The van der Waals surface area contributed by atoms with E-state index < -0.39 is 0 Å². The van der Waals surface area contributed by atoms with Gasteiger partial charge >= 0.3 is 0 Å². The molecule has 23 heavy (non-hydrogen) atoms. The first-order chi connectivity index (χ1) is 10.8. The third kappa shape index (κ3) is 4.81. The van der Waals surface area contributed by atoms with E-state index in [4.69, 9.17) is 0 Å². The number of hydrogen-bond donors (Lipinski definition) is 2. The van der Waals surface area contributed by atoms with Crippen molar-refractivity contribution in [3.63, 3.8) is 0 Å². The zero-order chi connectivity index (χ0) is 15.2. The van der Waals surface area contributed by atoms with E-state index in [2.05, 4.69) is 27.9 Å². The molecule has 1 aliphatic rings. The molecule has 5 nitrogen and oxygen atoms in total. The smallest absolute Gasteiger partial charge is 0.229 e. The van der Waals surface area contributed by atoms with Gasteiger partial charge in [0, 0.05) is 19.2 Å². The summed E-state index contributed by atoms with van der Waals surface area (Å²) in [5.74, 6) is 0.936. The van der Waals surface area contributed by atoms with Crippen LogP contribution in [0.15, 0.2) is 42.6 Å². The molecule has 1 unspecified atom stereocenters. The average molecular weight is 335 g/mol. The van der Waals surface area contributed by atoms with Crippen LogP contribution in [0, 0.1) is 5.92 Å². The van der Waals surface area contributed by atoms with Crippen molar-refractivity contribution in [1.82, 2.24) is 15.1 Å². The van der Waals surface area contributed by atoms with E-state index >= 15 is 0 Å². The number of rotatable bonds is 5. The standard InChI is InChI=1S/C17H22N4O.ClH/c22-17(15-7-4-10-18-13-15)20-16-8-11-19-21(16)12-9-14-5-2-1-3-6-14;/h1-3,5-6,8,11,15,18H,4,7,9-10,12-13H2,(H,20,22);1H. The van der Waals surface area contributed by atoms with Crippen molar-refractivity contribution in [2.45, 2.75) is 25.8 Å². The highest BCUT2D eigenvalue weighted by atomic mass is 35.5. The van der Waals surface area contributed by atoms with E-state index in [1.54, 1.807) is 6.20 Å². The van der Waals surface area contributed by atoms with Gasteiger partial charge in [0.25, 0.3) is 0 Å². The van der Waals surface area contributed by atoms with Gasteiger partial charge in [-0.2, -0.15) is 5.10 Å². The molecule has 1 aromatic heterocycles. The quantitative estimate of drug-likeness (QED) is 0.883. The van der Waals surface area contributed by atoms with Gasteiger partial charge in [-0.1, -0.05) is 30.3 Å². The van der Waals surface area contributed by atoms with Crippen LogP contribution >= 0.6 is 12.4 Å². The summed E-state index contributed by atoms with van der Waals surface area (Å²) >= 11 is 0. The maximum atomic E-state index is 12.3. The highest BCUT2D eigenvalue weighted by Gasteiger charge is 2.21. The van der Waals surface area contributed by atoms with E-state index in [1.807, 2.05) is 28.9 Å². The van der Waals surface area contributed by atoms with Gasteiger partial charge in [-0.3, -0.25) is 4.79 Å². The van der Waals surface area contributed by atoms with Crippen LogP contribution in [0.4, 0.5) is 5.82 Å². The second-order valence-corrected chi connectivity index (χ2v) is 5.71. The molecular weight excluding hydrogens is 312 g/mol. The summed E-state index contributed by atoms with van der Waals surface area (Å²) in [6, 6.07) is 12.2. The molecule has 2 heterocycles. The number of benzene rings is 1. The molecular formula is C17H23ClN4O. The summed E-state index contributed by atoms with van der Waals surface area (Å²) < 4.78 is 1.86. The summed E-state index contributed by atoms with van der Waals surface area (Å²) in [6.07, 6.45) is 4.65. The van der Waals surface area contributed by atoms with Crippen molar-refractivity contribution in [1.29, 1.82) is 0 Å². The van der Waals surface area contributed by atoms with Crippen LogP contribution in [0.25, 0.3) is 0 Å². The lowest BCUT2D eigenvalue weighted by Crippen LogP contribution is -2.37. The monoisotopic (exact) mass is 334 g/mol. The number of aryl methyl sites for hydroxylation is 2. The van der Waals surface area contributed by atoms with Crippen LogP contribution in [-0.4, -0.2) is 28.8 Å². The fraction of sp³-hybridized carbons (Fsp3) is 0.412. The number of amides is 1. The van der Waals surface area contributed by atoms with Gasteiger partial charge in [-0.25, -0.2) is 4.68 Å². The van der Waals surface area contributed by atoms with Crippen molar-refractivity contribution in [3.8, 4) is 0 Å². The zero-order valence-electron chi connectivity index (χ0n) is 13.1. The topological polar surface area (TPSA) is 59.0 Å². The highest BCUT2D eigenvalue weighted by Crippen LogP contribution is 2.14. The molecule has 1 aromatic carbocycles. The van der Waals surface area contributed by atoms with Crippen LogP contribution in [0.1, 0.15) is 18.4 Å². The van der Waals surface area contributed by atoms with Gasteiger partial charge in [0.1, 0.15) is 5.82 Å². The van der Waals surface area contributed by atoms with E-state index in [9.17, 15) is 4.79 Å². The van der Waals surface area contributed by atoms with Gasteiger partial charge in [0.2, 0.25) is 5.91 Å². The predicted octanol–water partition coefficient (Wildman–Crippen LogP) is 2.49. The molecule has 0 spiro atoms. The number of carbonyl (C=O) groups excluding carboxylic acids is 1. The minimum absolute atomic E-state index is 0. The molecule has 3 rings (SSSR count). The Balaban J connectivity index is 0.00000192. The van der Waals surface area contributed by atoms with Crippen molar-refractivity contribution in [3.05, 3.63) is 48.2 Å². The third-order valence-electron chi connectivity index (χ3n) is 4.09. The lowest BCUT2D eigenvalue weighted by atomic mass is 9.99. The number of aromatic nitrogens is 2. The van der Waals surface area contributed by atoms with E-state index in [0.717, 1.165) is 44.7 Å². The van der Waals surface area contributed by atoms with Gasteiger partial charge in [-0.15, -0.1) is 12.4 Å². The van der Waals surface area contributed by atoms with Gasteiger partial charge in [-0.05, 0) is 31.4 Å². The first kappa shape index (κ1) is 17.5. The predicted molar refractivity (Wildman–Crippen MR) is 93.8 cm³/mol. The average Bonchev–Trinajstić information content (AvgIpc) is 3.02. The summed E-state index contributed by atoms with van der Waals surface area (Å²) in [5.41, 5.74) is 1.27. The van der Waals surface area contributed by atoms with E-state index in [0.29, 0.717) is 0 Å². The molecule has 2 aromatic rings. The Morgan fingerprint density at radius 3 is 2.87 bits per heavy atom. The number of carbonyl (C=O) groups is 1. The molecule has 0 radical (unpaired) electrons. The number of nitrogens with zero attached hydrogens (tertiary/aromatic N) is 2. The van der Waals surface area contributed by atoms with Gasteiger partial charge in [0.15, 0.2) is 0 Å². The number of halogens is 1. The summed E-state index contributed by atoms with van der Waals surface area (Å²) in [6.45, 7) is 2.54. The van der Waals surface area contributed by atoms with Crippen molar-refractivity contribution >= 4 is 24.1 Å².